The maximum atomic E-state index is 13.1. The standard InChI is InChI=1S/C29H25ClN4O3S/c1-3-4-12-23-25(26(28(35)37-2)34(32-23)24-13-8-7-11-22(24)30)19-16-14-18(15-17-19)20-9-5-6-10-21(20)27-31-29(36)38-33-27/h5-11,13-17H,3-4,12H2,1-2H3,(H,31,33,36). The molecule has 0 fully saturated rings. The number of aryl methyl sites for hydroxylation is 1. The van der Waals surface area contributed by atoms with Crippen LogP contribution in [0, 0.1) is 0 Å². The van der Waals surface area contributed by atoms with Crippen LogP contribution in [0.25, 0.3) is 39.3 Å². The summed E-state index contributed by atoms with van der Waals surface area (Å²) in [7, 11) is 1.37. The molecule has 2 aromatic heterocycles. The number of ether oxygens (including phenoxy) is 1. The number of esters is 1. The number of H-pyrrole nitrogens is 1. The minimum atomic E-state index is -0.489. The van der Waals surface area contributed by atoms with E-state index in [4.69, 9.17) is 21.4 Å². The van der Waals surface area contributed by atoms with Crippen molar-refractivity contribution in [2.75, 3.05) is 7.11 Å². The molecular weight excluding hydrogens is 520 g/mol. The summed E-state index contributed by atoms with van der Waals surface area (Å²) in [6, 6.07) is 23.0. The second-order valence-corrected chi connectivity index (χ2v) is 9.84. The van der Waals surface area contributed by atoms with Gasteiger partial charge < -0.3 is 4.74 Å². The summed E-state index contributed by atoms with van der Waals surface area (Å²) in [6.07, 6.45) is 2.61. The molecule has 9 heteroatoms. The van der Waals surface area contributed by atoms with Crippen LogP contribution in [-0.4, -0.2) is 32.2 Å². The van der Waals surface area contributed by atoms with Gasteiger partial charge >= 0.3 is 10.8 Å². The second-order valence-electron chi connectivity index (χ2n) is 8.70. The van der Waals surface area contributed by atoms with E-state index >= 15 is 0 Å². The van der Waals surface area contributed by atoms with Gasteiger partial charge in [0.15, 0.2) is 11.5 Å². The monoisotopic (exact) mass is 544 g/mol. The van der Waals surface area contributed by atoms with Crippen LogP contribution < -0.4 is 4.87 Å². The summed E-state index contributed by atoms with van der Waals surface area (Å²) in [5, 5.41) is 5.34. The van der Waals surface area contributed by atoms with Gasteiger partial charge in [-0.2, -0.15) is 9.47 Å². The molecule has 0 saturated heterocycles. The minimum absolute atomic E-state index is 0.198. The Morgan fingerprint density at radius 3 is 2.34 bits per heavy atom. The van der Waals surface area contributed by atoms with Gasteiger partial charge in [0.05, 0.1) is 23.5 Å². The molecule has 2 heterocycles. The summed E-state index contributed by atoms with van der Waals surface area (Å²) < 4.78 is 11.1. The van der Waals surface area contributed by atoms with E-state index in [-0.39, 0.29) is 4.87 Å². The lowest BCUT2D eigenvalue weighted by atomic mass is 9.95. The maximum absolute atomic E-state index is 13.1. The topological polar surface area (TPSA) is 89.9 Å². The third kappa shape index (κ3) is 4.92. The first-order valence-corrected chi connectivity index (χ1v) is 13.4. The van der Waals surface area contributed by atoms with E-state index < -0.39 is 5.97 Å². The molecule has 0 radical (unpaired) electrons. The number of aromatic amines is 1. The molecule has 0 aliphatic rings. The number of aromatic nitrogens is 4. The van der Waals surface area contributed by atoms with Crippen molar-refractivity contribution < 1.29 is 9.53 Å². The van der Waals surface area contributed by atoms with Gasteiger partial charge in [-0.15, -0.1) is 0 Å². The quantitative estimate of drug-likeness (QED) is 0.217. The molecule has 0 amide bonds. The summed E-state index contributed by atoms with van der Waals surface area (Å²) >= 11 is 7.40. The minimum Gasteiger partial charge on any atom is -0.464 e. The van der Waals surface area contributed by atoms with E-state index in [2.05, 4.69) is 16.3 Å². The highest BCUT2D eigenvalue weighted by Gasteiger charge is 2.27. The molecule has 5 aromatic rings. The molecule has 38 heavy (non-hydrogen) atoms. The summed E-state index contributed by atoms with van der Waals surface area (Å²) in [5.41, 5.74) is 6.05. The highest BCUT2D eigenvalue weighted by atomic mass is 35.5. The summed E-state index contributed by atoms with van der Waals surface area (Å²) in [5.74, 6) is 0.0487. The van der Waals surface area contributed by atoms with Crippen LogP contribution in [0.15, 0.2) is 77.6 Å². The van der Waals surface area contributed by atoms with Crippen molar-refractivity contribution in [2.24, 2.45) is 0 Å². The third-order valence-electron chi connectivity index (χ3n) is 6.29. The number of halogens is 1. The molecule has 0 bridgehead atoms. The average molecular weight is 545 g/mol. The maximum Gasteiger partial charge on any atom is 0.357 e. The van der Waals surface area contributed by atoms with Gasteiger partial charge in [-0.1, -0.05) is 85.6 Å². The first-order valence-electron chi connectivity index (χ1n) is 12.2. The van der Waals surface area contributed by atoms with Crippen molar-refractivity contribution in [3.05, 3.63) is 98.9 Å². The molecule has 5 rings (SSSR count). The summed E-state index contributed by atoms with van der Waals surface area (Å²) in [4.78, 5) is 27.4. The molecule has 192 valence electrons. The average Bonchev–Trinajstić information content (AvgIpc) is 3.55. The highest BCUT2D eigenvalue weighted by Crippen LogP contribution is 2.36. The van der Waals surface area contributed by atoms with E-state index in [1.807, 2.05) is 66.7 Å². The number of rotatable bonds is 8. The number of methoxy groups -OCH3 is 1. The second kappa shape index (κ2) is 11.2. The Balaban J connectivity index is 1.65. The van der Waals surface area contributed by atoms with Crippen LogP contribution in [0.3, 0.4) is 0 Å². The highest BCUT2D eigenvalue weighted by molar-refractivity contribution is 7.03. The van der Waals surface area contributed by atoms with E-state index in [0.29, 0.717) is 28.6 Å². The molecule has 0 aliphatic carbocycles. The number of para-hydroxylation sites is 1. The smallest absolute Gasteiger partial charge is 0.357 e. The van der Waals surface area contributed by atoms with Gasteiger partial charge in [-0.05, 0) is 41.7 Å². The van der Waals surface area contributed by atoms with Gasteiger partial charge in [0.2, 0.25) is 0 Å². The molecule has 0 unspecified atom stereocenters. The van der Waals surface area contributed by atoms with E-state index in [1.54, 1.807) is 10.7 Å². The predicted octanol–water partition coefficient (Wildman–Crippen LogP) is 6.80. The Hall–Kier alpha value is -4.01. The molecule has 7 nitrogen and oxygen atoms in total. The molecule has 0 spiro atoms. The van der Waals surface area contributed by atoms with Crippen molar-refractivity contribution >= 4 is 29.1 Å². The lowest BCUT2D eigenvalue weighted by Crippen LogP contribution is -2.11. The van der Waals surface area contributed by atoms with E-state index in [0.717, 1.165) is 57.9 Å². The normalized spacial score (nSPS) is 11.0. The molecule has 1 N–H and O–H groups in total. The number of carbonyl (C=O) groups excluding carboxylic acids is 1. The first-order chi connectivity index (χ1) is 18.5. The lowest BCUT2D eigenvalue weighted by molar-refractivity contribution is 0.0591. The fourth-order valence-electron chi connectivity index (χ4n) is 4.47. The van der Waals surface area contributed by atoms with Gasteiger partial charge in [0.1, 0.15) is 0 Å². The molecule has 3 aromatic carbocycles. The molecule has 0 saturated carbocycles. The van der Waals surface area contributed by atoms with Crippen LogP contribution in [0.5, 0.6) is 0 Å². The van der Waals surface area contributed by atoms with Gasteiger partial charge in [0, 0.05) is 22.7 Å². The number of nitrogens with one attached hydrogen (secondary N) is 1. The van der Waals surface area contributed by atoms with Crippen molar-refractivity contribution in [1.29, 1.82) is 0 Å². The SMILES string of the molecule is CCCCc1nn(-c2ccccc2Cl)c(C(=O)OC)c1-c1ccc(-c2ccccc2-c2nsc(=O)[nH]2)cc1. The van der Waals surface area contributed by atoms with Gasteiger partial charge in [0.25, 0.3) is 0 Å². The van der Waals surface area contributed by atoms with Gasteiger partial charge in [-0.3, -0.25) is 9.78 Å². The predicted molar refractivity (Wildman–Crippen MR) is 151 cm³/mol. The zero-order valence-corrected chi connectivity index (χ0v) is 22.5. The van der Waals surface area contributed by atoms with Crippen LogP contribution in [0.2, 0.25) is 5.02 Å². The zero-order chi connectivity index (χ0) is 26.6. The van der Waals surface area contributed by atoms with E-state index in [9.17, 15) is 9.59 Å². The number of unbranched alkanes of at least 4 members (excludes halogenated alkanes) is 1. The molecular formula is C29H25ClN4O3S. The number of benzene rings is 3. The van der Waals surface area contributed by atoms with Crippen LogP contribution in [0.4, 0.5) is 0 Å². The molecule has 0 atom stereocenters. The Kier molecular flexibility index (Phi) is 7.53. The number of hydrogen-bond acceptors (Lipinski definition) is 6. The number of nitrogens with zero attached hydrogens (tertiary/aromatic N) is 3. The Labute approximate surface area is 228 Å². The van der Waals surface area contributed by atoms with Crippen LogP contribution in [0.1, 0.15) is 35.9 Å². The Morgan fingerprint density at radius 2 is 1.68 bits per heavy atom. The fraction of sp³-hybridized carbons (Fsp3) is 0.172. The number of hydrogen-bond donors (Lipinski definition) is 1. The first kappa shape index (κ1) is 25.6. The number of carbonyl (C=O) groups is 1. The zero-order valence-electron chi connectivity index (χ0n) is 20.9. The molecule has 0 aliphatic heterocycles. The van der Waals surface area contributed by atoms with Crippen LogP contribution in [-0.2, 0) is 11.2 Å². The summed E-state index contributed by atoms with van der Waals surface area (Å²) in [6.45, 7) is 2.12. The largest absolute Gasteiger partial charge is 0.464 e. The van der Waals surface area contributed by atoms with Crippen molar-refractivity contribution in [3.8, 4) is 39.3 Å². The van der Waals surface area contributed by atoms with Crippen molar-refractivity contribution in [1.82, 2.24) is 19.1 Å². The van der Waals surface area contributed by atoms with E-state index in [1.165, 1.54) is 7.11 Å². The Morgan fingerprint density at radius 1 is 1.00 bits per heavy atom. The lowest BCUT2D eigenvalue weighted by Gasteiger charge is -2.11. The van der Waals surface area contributed by atoms with Crippen molar-refractivity contribution in [2.45, 2.75) is 26.2 Å². The van der Waals surface area contributed by atoms with Crippen molar-refractivity contribution in [3.63, 3.8) is 0 Å². The fourth-order valence-corrected chi connectivity index (χ4v) is 5.15. The Bertz CT molecular complexity index is 1650. The third-order valence-corrected chi connectivity index (χ3v) is 7.15. The van der Waals surface area contributed by atoms with Crippen LogP contribution >= 0.6 is 23.1 Å². The van der Waals surface area contributed by atoms with Gasteiger partial charge in [-0.25, -0.2) is 9.48 Å².